The fourth-order valence-corrected chi connectivity index (χ4v) is 4.65. The normalized spacial score (nSPS) is 15.8. The van der Waals surface area contributed by atoms with Crippen molar-refractivity contribution in [3.63, 3.8) is 0 Å². The maximum atomic E-state index is 12.9. The Labute approximate surface area is 152 Å². The molecule has 3 rings (SSSR count). The average molecular weight is 375 g/mol. The van der Waals surface area contributed by atoms with Gasteiger partial charge in [0.15, 0.2) is 11.5 Å². The Kier molecular flexibility index (Phi) is 4.92. The van der Waals surface area contributed by atoms with Gasteiger partial charge in [-0.15, -0.1) is 0 Å². The van der Waals surface area contributed by atoms with Crippen LogP contribution in [0.5, 0.6) is 0 Å². The molecule has 0 unspecified atom stereocenters. The van der Waals surface area contributed by atoms with E-state index in [2.05, 4.69) is 9.97 Å². The number of nitrogens with zero attached hydrogens (tertiary/aromatic N) is 4. The summed E-state index contributed by atoms with van der Waals surface area (Å²) >= 11 is 0. The molecule has 0 atom stereocenters. The minimum atomic E-state index is -3.59. The highest BCUT2D eigenvalue weighted by molar-refractivity contribution is 7.89. The number of nitrogen functional groups attached to an aromatic ring is 1. The highest BCUT2D eigenvalue weighted by Gasteiger charge is 2.32. The van der Waals surface area contributed by atoms with Crippen LogP contribution < -0.4 is 5.73 Å². The Bertz CT molecular complexity index is 937. The molecule has 2 aromatic rings. The second-order valence-electron chi connectivity index (χ2n) is 6.26. The van der Waals surface area contributed by atoms with Crippen molar-refractivity contribution >= 4 is 21.7 Å². The third-order valence-corrected chi connectivity index (χ3v) is 6.46. The topological polar surface area (TPSA) is 109 Å². The van der Waals surface area contributed by atoms with Crippen LogP contribution in [0, 0.1) is 13.8 Å². The monoisotopic (exact) mass is 375 g/mol. The van der Waals surface area contributed by atoms with E-state index in [1.54, 1.807) is 24.0 Å². The lowest BCUT2D eigenvalue weighted by Crippen LogP contribution is -2.50. The molecule has 0 spiro atoms. The maximum Gasteiger partial charge on any atom is 0.276 e. The third-order valence-electron chi connectivity index (χ3n) is 4.40. The first kappa shape index (κ1) is 18.3. The molecule has 0 bridgehead atoms. The van der Waals surface area contributed by atoms with E-state index in [-0.39, 0.29) is 43.6 Å². The largest absolute Gasteiger partial charge is 0.382 e. The standard InChI is InChI=1S/C17H21N5O3S/c1-12-3-4-14(13(2)11-12)26(24,25)22-9-7-21(8-10-22)17(23)15-16(18)20-6-5-19-15/h3-6,11H,7-10H2,1-2H3,(H2,18,20). The van der Waals surface area contributed by atoms with Crippen molar-refractivity contribution in [3.8, 4) is 0 Å². The summed E-state index contributed by atoms with van der Waals surface area (Å²) in [5.41, 5.74) is 7.53. The van der Waals surface area contributed by atoms with Crippen LogP contribution in [0.15, 0.2) is 35.5 Å². The summed E-state index contributed by atoms with van der Waals surface area (Å²) in [4.78, 5) is 22.2. The molecule has 9 heteroatoms. The number of sulfonamides is 1. The number of aryl methyl sites for hydroxylation is 2. The number of aromatic nitrogens is 2. The Hall–Kier alpha value is -2.52. The van der Waals surface area contributed by atoms with Crippen LogP contribution in [0.3, 0.4) is 0 Å². The van der Waals surface area contributed by atoms with Gasteiger partial charge in [0.05, 0.1) is 4.90 Å². The molecular formula is C17H21N5O3S. The molecule has 1 aliphatic heterocycles. The van der Waals surface area contributed by atoms with Gasteiger partial charge in [0.2, 0.25) is 10.0 Å². The smallest absolute Gasteiger partial charge is 0.276 e. The Morgan fingerprint density at radius 2 is 1.73 bits per heavy atom. The molecule has 8 nitrogen and oxygen atoms in total. The molecule has 26 heavy (non-hydrogen) atoms. The van der Waals surface area contributed by atoms with Gasteiger partial charge in [-0.2, -0.15) is 4.31 Å². The number of amides is 1. The van der Waals surface area contributed by atoms with Crippen molar-refractivity contribution in [1.82, 2.24) is 19.2 Å². The zero-order valence-corrected chi connectivity index (χ0v) is 15.5. The first-order valence-electron chi connectivity index (χ1n) is 8.24. The van der Waals surface area contributed by atoms with Crippen molar-refractivity contribution in [3.05, 3.63) is 47.4 Å². The number of anilines is 1. The van der Waals surface area contributed by atoms with Crippen LogP contribution in [0.4, 0.5) is 5.82 Å². The van der Waals surface area contributed by atoms with E-state index in [9.17, 15) is 13.2 Å². The molecule has 1 aliphatic rings. The Balaban J connectivity index is 1.74. The predicted molar refractivity (Wildman–Crippen MR) is 97.0 cm³/mol. The molecule has 1 aromatic carbocycles. The molecule has 138 valence electrons. The van der Waals surface area contributed by atoms with Gasteiger partial charge < -0.3 is 10.6 Å². The van der Waals surface area contributed by atoms with E-state index in [1.807, 2.05) is 13.0 Å². The van der Waals surface area contributed by atoms with Gasteiger partial charge in [0.25, 0.3) is 5.91 Å². The van der Waals surface area contributed by atoms with Crippen LogP contribution in [0.1, 0.15) is 21.6 Å². The molecule has 0 radical (unpaired) electrons. The number of benzene rings is 1. The summed E-state index contributed by atoms with van der Waals surface area (Å²) < 4.78 is 27.2. The van der Waals surface area contributed by atoms with Gasteiger partial charge >= 0.3 is 0 Å². The molecule has 0 saturated carbocycles. The second-order valence-corrected chi connectivity index (χ2v) is 8.16. The summed E-state index contributed by atoms with van der Waals surface area (Å²) in [6.45, 7) is 4.71. The molecule has 0 aliphatic carbocycles. The molecule has 2 N–H and O–H groups in total. The number of piperazine rings is 1. The molecular weight excluding hydrogens is 354 g/mol. The minimum absolute atomic E-state index is 0.0721. The molecule has 1 fully saturated rings. The highest BCUT2D eigenvalue weighted by atomic mass is 32.2. The predicted octanol–water partition coefficient (Wildman–Crippen LogP) is 0.822. The van der Waals surface area contributed by atoms with Crippen LogP contribution in [0.2, 0.25) is 0 Å². The second kappa shape index (κ2) is 7.00. The average Bonchev–Trinajstić information content (AvgIpc) is 2.61. The summed E-state index contributed by atoms with van der Waals surface area (Å²) in [6.07, 6.45) is 2.82. The number of hydrogen-bond donors (Lipinski definition) is 1. The summed E-state index contributed by atoms with van der Waals surface area (Å²) in [6, 6.07) is 5.28. The first-order valence-corrected chi connectivity index (χ1v) is 9.68. The summed E-state index contributed by atoms with van der Waals surface area (Å²) in [7, 11) is -3.59. The van der Waals surface area contributed by atoms with E-state index in [0.717, 1.165) is 11.1 Å². The quantitative estimate of drug-likeness (QED) is 0.851. The van der Waals surface area contributed by atoms with E-state index >= 15 is 0 Å². The zero-order valence-electron chi connectivity index (χ0n) is 14.7. The van der Waals surface area contributed by atoms with Crippen LogP contribution >= 0.6 is 0 Å². The van der Waals surface area contributed by atoms with Gasteiger partial charge in [-0.1, -0.05) is 17.7 Å². The third kappa shape index (κ3) is 3.40. The van der Waals surface area contributed by atoms with Gasteiger partial charge in [0, 0.05) is 38.6 Å². The van der Waals surface area contributed by atoms with Crippen LogP contribution in [-0.4, -0.2) is 59.7 Å². The SMILES string of the molecule is Cc1ccc(S(=O)(=O)N2CCN(C(=O)c3nccnc3N)CC2)c(C)c1. The molecule has 1 amide bonds. The van der Waals surface area contributed by atoms with Crippen molar-refractivity contribution in [2.75, 3.05) is 31.9 Å². The van der Waals surface area contributed by atoms with Gasteiger partial charge in [0.1, 0.15) is 0 Å². The van der Waals surface area contributed by atoms with Crippen molar-refractivity contribution in [2.45, 2.75) is 18.7 Å². The number of rotatable bonds is 3. The molecule has 1 saturated heterocycles. The fourth-order valence-electron chi connectivity index (χ4n) is 3.02. The van der Waals surface area contributed by atoms with Crippen molar-refractivity contribution in [1.29, 1.82) is 0 Å². The lowest BCUT2D eigenvalue weighted by molar-refractivity contribution is 0.0692. The van der Waals surface area contributed by atoms with Crippen molar-refractivity contribution < 1.29 is 13.2 Å². The van der Waals surface area contributed by atoms with Crippen LogP contribution in [0.25, 0.3) is 0 Å². The lowest BCUT2D eigenvalue weighted by atomic mass is 10.2. The van der Waals surface area contributed by atoms with E-state index in [0.29, 0.717) is 4.90 Å². The zero-order chi connectivity index (χ0) is 18.9. The fraction of sp³-hybridized carbons (Fsp3) is 0.353. The number of nitrogens with two attached hydrogens (primary N) is 1. The first-order chi connectivity index (χ1) is 12.3. The number of carbonyl (C=O) groups excluding carboxylic acids is 1. The summed E-state index contributed by atoms with van der Waals surface area (Å²) in [5.74, 6) is -0.262. The van der Waals surface area contributed by atoms with E-state index in [1.165, 1.54) is 16.7 Å². The Morgan fingerprint density at radius 1 is 1.08 bits per heavy atom. The number of carbonyl (C=O) groups is 1. The van der Waals surface area contributed by atoms with Crippen LogP contribution in [-0.2, 0) is 10.0 Å². The van der Waals surface area contributed by atoms with E-state index < -0.39 is 10.0 Å². The molecule has 2 heterocycles. The lowest BCUT2D eigenvalue weighted by Gasteiger charge is -2.34. The maximum absolute atomic E-state index is 12.9. The van der Waals surface area contributed by atoms with Gasteiger partial charge in [-0.3, -0.25) is 4.79 Å². The van der Waals surface area contributed by atoms with Gasteiger partial charge in [-0.25, -0.2) is 18.4 Å². The molecule has 1 aromatic heterocycles. The summed E-state index contributed by atoms with van der Waals surface area (Å²) in [5, 5.41) is 0. The number of hydrogen-bond acceptors (Lipinski definition) is 6. The Morgan fingerprint density at radius 3 is 2.35 bits per heavy atom. The highest BCUT2D eigenvalue weighted by Crippen LogP contribution is 2.22. The minimum Gasteiger partial charge on any atom is -0.382 e. The van der Waals surface area contributed by atoms with E-state index in [4.69, 9.17) is 5.73 Å². The van der Waals surface area contributed by atoms with Gasteiger partial charge in [-0.05, 0) is 25.5 Å². The van der Waals surface area contributed by atoms with Crippen molar-refractivity contribution in [2.24, 2.45) is 0 Å².